The van der Waals surface area contributed by atoms with Crippen LogP contribution < -0.4 is 21.7 Å². The summed E-state index contributed by atoms with van der Waals surface area (Å²) in [5.74, 6) is -2.08. The Morgan fingerprint density at radius 1 is 1.03 bits per heavy atom. The minimum atomic E-state index is -0.800. The molecule has 0 aliphatic carbocycles. The minimum Gasteiger partial charge on any atom is -0.459 e. The summed E-state index contributed by atoms with van der Waals surface area (Å²) < 4.78 is 4.91. The van der Waals surface area contributed by atoms with E-state index in [1.165, 1.54) is 36.6 Å². The fraction of sp³-hybridized carbons (Fsp3) is 0. The molecule has 12 nitrogen and oxygen atoms in total. The highest BCUT2D eigenvalue weighted by Crippen LogP contribution is 2.28. The number of halogens is 2. The highest BCUT2D eigenvalue weighted by atomic mass is 35.5. The topological polar surface area (TPSA) is 164 Å². The maximum Gasteiger partial charge on any atom is 0.356 e. The smallest absolute Gasteiger partial charge is 0.356 e. The van der Waals surface area contributed by atoms with Crippen molar-refractivity contribution in [2.45, 2.75) is 0 Å². The Kier molecular flexibility index (Phi) is 6.29. The van der Waals surface area contributed by atoms with Gasteiger partial charge in [-0.2, -0.15) is 0 Å². The average molecular weight is 452 g/mol. The van der Waals surface area contributed by atoms with Crippen molar-refractivity contribution in [2.75, 3.05) is 10.9 Å². The lowest BCUT2D eigenvalue weighted by molar-refractivity contribution is -0.383. The van der Waals surface area contributed by atoms with Gasteiger partial charge in [0.25, 0.3) is 5.91 Å². The van der Waals surface area contributed by atoms with Crippen LogP contribution in [0.15, 0.2) is 47.3 Å². The maximum absolute atomic E-state index is 12.3. The van der Waals surface area contributed by atoms with Crippen LogP contribution in [0.4, 0.5) is 17.3 Å². The normalized spacial score (nSPS) is 10.2. The number of furan rings is 1. The van der Waals surface area contributed by atoms with Gasteiger partial charge >= 0.3 is 11.6 Å². The second-order valence-corrected chi connectivity index (χ2v) is 6.28. The van der Waals surface area contributed by atoms with Gasteiger partial charge in [-0.25, -0.2) is 9.97 Å². The lowest BCUT2D eigenvalue weighted by Gasteiger charge is -2.11. The molecule has 0 atom stereocenters. The molecule has 0 saturated carbocycles. The number of hydrogen-bond donors (Lipinski definition) is 4. The third-order valence-electron chi connectivity index (χ3n) is 3.51. The molecule has 0 aliphatic rings. The molecule has 2 aromatic heterocycles. The molecule has 14 heteroatoms. The molecule has 0 spiro atoms. The van der Waals surface area contributed by atoms with E-state index < -0.39 is 22.4 Å². The molecule has 2 amide bonds. The fourth-order valence-electron chi connectivity index (χ4n) is 2.18. The van der Waals surface area contributed by atoms with Gasteiger partial charge < -0.3 is 4.42 Å². The van der Waals surface area contributed by atoms with Gasteiger partial charge in [-0.15, -0.1) is 0 Å². The number of anilines is 2. The van der Waals surface area contributed by atoms with Crippen molar-refractivity contribution in [1.82, 2.24) is 20.8 Å². The zero-order valence-electron chi connectivity index (χ0n) is 14.7. The Morgan fingerprint density at radius 2 is 1.70 bits per heavy atom. The van der Waals surface area contributed by atoms with Gasteiger partial charge in [0.05, 0.1) is 21.8 Å². The number of nitrogens with one attached hydrogen (secondary N) is 4. The molecular formula is C16H11Cl2N7O5. The highest BCUT2D eigenvalue weighted by Gasteiger charge is 2.24. The van der Waals surface area contributed by atoms with E-state index in [2.05, 4.69) is 31.7 Å². The first-order valence-electron chi connectivity index (χ1n) is 7.97. The molecule has 0 radical (unpaired) electrons. The predicted molar refractivity (Wildman–Crippen MR) is 106 cm³/mol. The van der Waals surface area contributed by atoms with Gasteiger partial charge in [0, 0.05) is 5.02 Å². The van der Waals surface area contributed by atoms with E-state index in [4.69, 9.17) is 27.6 Å². The molecule has 0 unspecified atom stereocenters. The molecule has 3 rings (SSSR count). The summed E-state index contributed by atoms with van der Waals surface area (Å²) in [6.07, 6.45) is 2.28. The van der Waals surface area contributed by atoms with Gasteiger partial charge in [-0.05, 0) is 30.3 Å². The number of carbonyl (C=O) groups is 2. The van der Waals surface area contributed by atoms with E-state index in [0.29, 0.717) is 5.02 Å². The summed E-state index contributed by atoms with van der Waals surface area (Å²) in [5, 5.41) is 11.9. The number of nitrogens with zero attached hydrogens (tertiary/aromatic N) is 3. The first-order chi connectivity index (χ1) is 14.4. The van der Waals surface area contributed by atoms with E-state index in [0.717, 1.165) is 6.33 Å². The van der Waals surface area contributed by atoms with Crippen LogP contribution in [0.25, 0.3) is 0 Å². The molecule has 154 valence electrons. The molecule has 1 aromatic carbocycles. The van der Waals surface area contributed by atoms with Gasteiger partial charge in [0.2, 0.25) is 11.6 Å². The zero-order chi connectivity index (χ0) is 21.7. The second kappa shape index (κ2) is 9.07. The van der Waals surface area contributed by atoms with Crippen molar-refractivity contribution in [3.8, 4) is 0 Å². The van der Waals surface area contributed by atoms with Crippen LogP contribution in [-0.2, 0) is 0 Å². The summed E-state index contributed by atoms with van der Waals surface area (Å²) in [7, 11) is 0. The van der Waals surface area contributed by atoms with E-state index in [-0.39, 0.29) is 28.0 Å². The standard InChI is InChI=1S/C16H11Cl2N7O5/c17-8-3-4-9(10(18)6-8)15(26)23-21-13-12(25(28)29)14(20-7-19-13)22-24-16(27)11-2-1-5-30-11/h1-7H,(H,23,26)(H,24,27)(H2,19,20,21,22). The number of hydrogen-bond acceptors (Lipinski definition) is 9. The summed E-state index contributed by atoms with van der Waals surface area (Å²) >= 11 is 11.7. The van der Waals surface area contributed by atoms with E-state index >= 15 is 0 Å². The molecule has 0 saturated heterocycles. The summed E-state index contributed by atoms with van der Waals surface area (Å²) in [6.45, 7) is 0. The molecule has 0 aliphatic heterocycles. The SMILES string of the molecule is O=C(NNc1ncnc(NNC(=O)c2ccc(Cl)cc2Cl)c1[N+](=O)[O-])c1ccco1. The van der Waals surface area contributed by atoms with Crippen LogP contribution in [0.3, 0.4) is 0 Å². The molecule has 0 fully saturated rings. The predicted octanol–water partition coefficient (Wildman–Crippen LogP) is 2.80. The Morgan fingerprint density at radius 3 is 2.27 bits per heavy atom. The largest absolute Gasteiger partial charge is 0.459 e. The van der Waals surface area contributed by atoms with Crippen LogP contribution in [-0.4, -0.2) is 26.7 Å². The molecular weight excluding hydrogens is 441 g/mol. The number of hydrazine groups is 2. The fourth-order valence-corrected chi connectivity index (χ4v) is 2.67. The number of aromatic nitrogens is 2. The van der Waals surface area contributed by atoms with Gasteiger partial charge in [0.1, 0.15) is 6.33 Å². The van der Waals surface area contributed by atoms with E-state index in [9.17, 15) is 19.7 Å². The lowest BCUT2D eigenvalue weighted by Crippen LogP contribution is -2.32. The molecule has 0 bridgehead atoms. The monoisotopic (exact) mass is 451 g/mol. The number of amides is 2. The van der Waals surface area contributed by atoms with Gasteiger partial charge in [0.15, 0.2) is 5.76 Å². The summed E-state index contributed by atoms with van der Waals surface area (Å²) in [5.41, 5.74) is 8.54. The van der Waals surface area contributed by atoms with Crippen LogP contribution in [0, 0.1) is 10.1 Å². The number of nitro groups is 1. The molecule has 4 N–H and O–H groups in total. The minimum absolute atomic E-state index is 0.0235. The molecule has 2 heterocycles. The third-order valence-corrected chi connectivity index (χ3v) is 4.06. The van der Waals surface area contributed by atoms with Crippen molar-refractivity contribution in [2.24, 2.45) is 0 Å². The van der Waals surface area contributed by atoms with Crippen LogP contribution in [0.1, 0.15) is 20.9 Å². The van der Waals surface area contributed by atoms with Crippen LogP contribution in [0.2, 0.25) is 10.0 Å². The Labute approximate surface area is 177 Å². The quantitative estimate of drug-likeness (QED) is 0.312. The van der Waals surface area contributed by atoms with E-state index in [1.807, 2.05) is 0 Å². The number of benzene rings is 1. The van der Waals surface area contributed by atoms with Crippen molar-refractivity contribution >= 4 is 52.3 Å². The number of rotatable bonds is 7. The van der Waals surface area contributed by atoms with E-state index in [1.54, 1.807) is 0 Å². The van der Waals surface area contributed by atoms with Gasteiger partial charge in [-0.3, -0.25) is 41.4 Å². The van der Waals surface area contributed by atoms with Crippen molar-refractivity contribution < 1.29 is 18.9 Å². The third kappa shape index (κ3) is 4.74. The van der Waals surface area contributed by atoms with Crippen molar-refractivity contribution in [1.29, 1.82) is 0 Å². The maximum atomic E-state index is 12.3. The lowest BCUT2D eigenvalue weighted by atomic mass is 10.2. The zero-order valence-corrected chi connectivity index (χ0v) is 16.2. The summed E-state index contributed by atoms with van der Waals surface area (Å²) in [4.78, 5) is 42.3. The second-order valence-electron chi connectivity index (χ2n) is 5.44. The molecule has 3 aromatic rings. The first kappa shape index (κ1) is 20.8. The average Bonchev–Trinajstić information content (AvgIpc) is 3.25. The van der Waals surface area contributed by atoms with Crippen LogP contribution in [0.5, 0.6) is 0 Å². The number of carbonyl (C=O) groups excluding carboxylic acids is 2. The Hall–Kier alpha value is -3.90. The van der Waals surface area contributed by atoms with Crippen LogP contribution >= 0.6 is 23.2 Å². The summed E-state index contributed by atoms with van der Waals surface area (Å²) in [6, 6.07) is 7.11. The first-order valence-corrected chi connectivity index (χ1v) is 8.73. The highest BCUT2D eigenvalue weighted by molar-refractivity contribution is 6.36. The molecule has 30 heavy (non-hydrogen) atoms. The van der Waals surface area contributed by atoms with Gasteiger partial charge in [-0.1, -0.05) is 23.2 Å². The Bertz CT molecular complexity index is 1110. The van der Waals surface area contributed by atoms with Crippen molar-refractivity contribution in [3.05, 3.63) is 74.4 Å². The Balaban J connectivity index is 1.74. The van der Waals surface area contributed by atoms with Crippen molar-refractivity contribution in [3.63, 3.8) is 0 Å².